The van der Waals surface area contributed by atoms with Crippen LogP contribution in [0.5, 0.6) is 0 Å². The lowest BCUT2D eigenvalue weighted by Crippen LogP contribution is -2.62. The maximum Gasteiger partial charge on any atom is 0.252 e. The Balaban J connectivity index is 1.36. The summed E-state index contributed by atoms with van der Waals surface area (Å²) in [6.07, 6.45) is 2.26. The van der Waals surface area contributed by atoms with Crippen LogP contribution in [-0.4, -0.2) is 6.71 Å². The molecule has 358 valence electrons. The molecule has 0 amide bonds. The van der Waals surface area contributed by atoms with Crippen molar-refractivity contribution in [2.45, 2.75) is 195 Å². The van der Waals surface area contributed by atoms with Gasteiger partial charge in [-0.25, -0.2) is 0 Å². The van der Waals surface area contributed by atoms with Crippen LogP contribution in [0.4, 0.5) is 34.1 Å². The highest BCUT2D eigenvalue weighted by atomic mass is 15.2. The molecule has 69 heavy (non-hydrogen) atoms. The molecule has 10 rings (SSSR count). The largest absolute Gasteiger partial charge is 0.311 e. The van der Waals surface area contributed by atoms with Crippen molar-refractivity contribution in [1.29, 1.82) is 0 Å². The minimum atomic E-state index is -0.119. The van der Waals surface area contributed by atoms with Crippen LogP contribution in [0.2, 0.25) is 0 Å². The van der Waals surface area contributed by atoms with E-state index in [0.29, 0.717) is 0 Å². The fourth-order valence-electron chi connectivity index (χ4n) is 13.6. The molecular weight excluding hydrogens is 832 g/mol. The molecule has 0 spiro atoms. The fraction of sp³-hybridized carbons (Fsp3) is 0.455. The van der Waals surface area contributed by atoms with Gasteiger partial charge >= 0.3 is 0 Å². The fourth-order valence-corrected chi connectivity index (χ4v) is 13.6. The first-order chi connectivity index (χ1) is 31.7. The normalized spacial score (nSPS) is 18.4. The van der Waals surface area contributed by atoms with Gasteiger partial charge in [-0.15, -0.1) is 0 Å². The van der Waals surface area contributed by atoms with Crippen LogP contribution in [0.15, 0.2) is 103 Å². The van der Waals surface area contributed by atoms with Gasteiger partial charge in [-0.2, -0.15) is 0 Å². The standard InChI is InChI=1S/C66H81BN2/c1-59(2,3)41-22-26-45(27-23-41)68-54-30-25-43(61(7,8)9)33-51(54)67-52-36-49-50(66(19,20)39-65(49,17)18)37-55(52)69(57-35-44(62(10,11)12)34-56(68)58(57)67)53-29-24-42(60(4,5)6)32-46(53)40-21-28-47-48(31-40)64(15,16)38-63(47,13)14/h21-37H,38-39H2,1-20H3. The van der Waals surface area contributed by atoms with E-state index in [-0.39, 0.29) is 50.0 Å². The highest BCUT2D eigenvalue weighted by molar-refractivity contribution is 7.00. The Bertz CT molecular complexity index is 3090. The molecule has 2 aliphatic heterocycles. The molecule has 6 aromatic rings. The topological polar surface area (TPSA) is 6.48 Å². The predicted molar refractivity (Wildman–Crippen MR) is 302 cm³/mol. The zero-order valence-corrected chi connectivity index (χ0v) is 46.2. The Morgan fingerprint density at radius 1 is 0.362 bits per heavy atom. The van der Waals surface area contributed by atoms with Crippen LogP contribution >= 0.6 is 0 Å². The second kappa shape index (κ2) is 14.8. The average molecular weight is 913 g/mol. The van der Waals surface area contributed by atoms with E-state index in [1.165, 1.54) is 106 Å². The Morgan fingerprint density at radius 3 is 1.36 bits per heavy atom. The third-order valence-corrected chi connectivity index (χ3v) is 17.0. The first kappa shape index (κ1) is 47.7. The van der Waals surface area contributed by atoms with Crippen molar-refractivity contribution < 1.29 is 0 Å². The number of hydrogen-bond acceptors (Lipinski definition) is 2. The van der Waals surface area contributed by atoms with Gasteiger partial charge in [0.1, 0.15) is 0 Å². The maximum atomic E-state index is 2.74. The Hall–Kier alpha value is -5.02. The third-order valence-electron chi connectivity index (χ3n) is 17.0. The van der Waals surface area contributed by atoms with Crippen LogP contribution in [0.3, 0.4) is 0 Å². The first-order valence-corrected chi connectivity index (χ1v) is 26.2. The van der Waals surface area contributed by atoms with Crippen molar-refractivity contribution in [2.24, 2.45) is 0 Å². The lowest BCUT2D eigenvalue weighted by Gasteiger charge is -2.46. The molecule has 0 aromatic heterocycles. The molecule has 0 fully saturated rings. The summed E-state index contributed by atoms with van der Waals surface area (Å²) in [7, 11) is 0. The Labute approximate surface area is 418 Å². The predicted octanol–water partition coefficient (Wildman–Crippen LogP) is 16.5. The van der Waals surface area contributed by atoms with Gasteiger partial charge in [0.05, 0.1) is 5.69 Å². The number of benzene rings is 6. The highest BCUT2D eigenvalue weighted by Crippen LogP contribution is 2.55. The van der Waals surface area contributed by atoms with E-state index in [0.717, 1.165) is 12.8 Å². The number of rotatable bonds is 3. The minimum absolute atomic E-state index is 0.0232. The zero-order chi connectivity index (χ0) is 50.1. The first-order valence-electron chi connectivity index (χ1n) is 26.2. The van der Waals surface area contributed by atoms with E-state index in [2.05, 4.69) is 251 Å². The molecule has 4 aliphatic rings. The van der Waals surface area contributed by atoms with Crippen molar-refractivity contribution in [2.75, 3.05) is 9.80 Å². The van der Waals surface area contributed by atoms with Crippen molar-refractivity contribution >= 4 is 57.2 Å². The Morgan fingerprint density at radius 2 is 0.812 bits per heavy atom. The van der Waals surface area contributed by atoms with Crippen molar-refractivity contribution in [3.05, 3.63) is 148 Å². The van der Waals surface area contributed by atoms with E-state index in [9.17, 15) is 0 Å². The van der Waals surface area contributed by atoms with Crippen LogP contribution < -0.4 is 26.2 Å². The molecule has 0 atom stereocenters. The van der Waals surface area contributed by atoms with Gasteiger partial charge in [-0.3, -0.25) is 0 Å². The Kier molecular flexibility index (Phi) is 10.2. The van der Waals surface area contributed by atoms with Gasteiger partial charge in [0.15, 0.2) is 0 Å². The molecule has 0 unspecified atom stereocenters. The minimum Gasteiger partial charge on any atom is -0.311 e. The second-order valence-electron chi connectivity index (χ2n) is 28.7. The summed E-state index contributed by atoms with van der Waals surface area (Å²) in [5.74, 6) is 0. The van der Waals surface area contributed by atoms with Gasteiger partial charge in [0, 0.05) is 34.0 Å². The quantitative estimate of drug-likeness (QED) is 0.163. The SMILES string of the molecule is CC(C)(C)c1ccc(N2c3ccc(C(C)(C)C)cc3B3c4cc5c(cc4N(c4ccc(C(C)(C)C)cc4-c4ccc6c(c4)C(C)(C)CC6(C)C)c4cc(C(C)(C)C)cc2c43)C(C)(C)CC5(C)C)cc1. The van der Waals surface area contributed by atoms with E-state index in [1.54, 1.807) is 0 Å². The van der Waals surface area contributed by atoms with E-state index in [1.807, 2.05) is 0 Å². The molecule has 0 bridgehead atoms. The third kappa shape index (κ3) is 7.56. The zero-order valence-electron chi connectivity index (χ0n) is 46.2. The average Bonchev–Trinajstić information content (AvgIpc) is 3.54. The van der Waals surface area contributed by atoms with Crippen LogP contribution in [-0.2, 0) is 43.3 Å². The number of fused-ring (bicyclic) bond motifs is 6. The lowest BCUT2D eigenvalue weighted by molar-refractivity contribution is 0.403. The number of nitrogens with zero attached hydrogens (tertiary/aromatic N) is 2. The van der Waals surface area contributed by atoms with E-state index < -0.39 is 0 Å². The monoisotopic (exact) mass is 913 g/mol. The summed E-state index contributed by atoms with van der Waals surface area (Å²) in [5.41, 5.74) is 25.9. The summed E-state index contributed by atoms with van der Waals surface area (Å²) in [6, 6.07) is 42.4. The summed E-state index contributed by atoms with van der Waals surface area (Å²) >= 11 is 0. The summed E-state index contributed by atoms with van der Waals surface area (Å²) in [6.45, 7) is 48.1. The molecule has 2 aliphatic carbocycles. The number of anilines is 6. The molecule has 0 saturated carbocycles. The van der Waals surface area contributed by atoms with Crippen LogP contribution in [0.1, 0.15) is 196 Å². The maximum absolute atomic E-state index is 2.74. The molecule has 2 nitrogen and oxygen atoms in total. The van der Waals surface area contributed by atoms with Gasteiger partial charge in [0.25, 0.3) is 6.71 Å². The molecular formula is C66H81BN2. The molecule has 0 saturated heterocycles. The molecule has 2 heterocycles. The second-order valence-corrected chi connectivity index (χ2v) is 28.7. The van der Waals surface area contributed by atoms with Crippen molar-refractivity contribution in [3.8, 4) is 11.1 Å². The molecule has 6 aromatic carbocycles. The molecule has 3 heteroatoms. The molecule has 0 N–H and O–H groups in total. The van der Waals surface area contributed by atoms with Crippen LogP contribution in [0.25, 0.3) is 11.1 Å². The summed E-state index contributed by atoms with van der Waals surface area (Å²) < 4.78 is 0. The highest BCUT2D eigenvalue weighted by Gasteiger charge is 2.49. The summed E-state index contributed by atoms with van der Waals surface area (Å²) in [4.78, 5) is 5.36. The van der Waals surface area contributed by atoms with Crippen molar-refractivity contribution in [3.63, 3.8) is 0 Å². The van der Waals surface area contributed by atoms with Crippen LogP contribution in [0, 0.1) is 0 Å². The van der Waals surface area contributed by atoms with E-state index >= 15 is 0 Å². The van der Waals surface area contributed by atoms with E-state index in [4.69, 9.17) is 0 Å². The molecule has 0 radical (unpaired) electrons. The summed E-state index contributed by atoms with van der Waals surface area (Å²) in [5, 5.41) is 0. The van der Waals surface area contributed by atoms with Gasteiger partial charge < -0.3 is 9.80 Å². The van der Waals surface area contributed by atoms with Gasteiger partial charge in [0.2, 0.25) is 0 Å². The number of hydrogen-bond donors (Lipinski definition) is 0. The van der Waals surface area contributed by atoms with Gasteiger partial charge in [-0.05, 0) is 171 Å². The smallest absolute Gasteiger partial charge is 0.252 e. The van der Waals surface area contributed by atoms with Gasteiger partial charge in [-0.1, -0.05) is 193 Å². The lowest BCUT2D eigenvalue weighted by atomic mass is 9.33. The van der Waals surface area contributed by atoms with Crippen molar-refractivity contribution in [1.82, 2.24) is 0 Å².